The Balaban J connectivity index is 1.49. The number of aryl methyl sites for hydroxylation is 2. The summed E-state index contributed by atoms with van der Waals surface area (Å²) in [5, 5.41) is 0. The number of furan rings is 1. The van der Waals surface area contributed by atoms with E-state index >= 15 is 0 Å². The van der Waals surface area contributed by atoms with Crippen molar-refractivity contribution in [2.75, 3.05) is 27.3 Å². The van der Waals surface area contributed by atoms with Crippen molar-refractivity contribution in [3.05, 3.63) is 83.3 Å². The number of rotatable bonds is 13. The summed E-state index contributed by atoms with van der Waals surface area (Å²) in [5.41, 5.74) is 2.17. The molecule has 1 aliphatic rings. The zero-order chi connectivity index (χ0) is 28.3. The second-order valence-corrected chi connectivity index (χ2v) is 10.6. The van der Waals surface area contributed by atoms with Crippen LogP contribution < -0.4 is 9.47 Å². The SMILES string of the molecule is COc1ccc(CCN(Cc2ccc(C)o2)C(=O)CN(C(=O)CCc2ccccc2)C2CCCCC2)cc1OC. The molecule has 0 bridgehead atoms. The van der Waals surface area contributed by atoms with Crippen LogP contribution in [0.3, 0.4) is 0 Å². The van der Waals surface area contributed by atoms with Crippen LogP contribution in [0.15, 0.2) is 65.1 Å². The van der Waals surface area contributed by atoms with Gasteiger partial charge in [0.05, 0.1) is 20.8 Å². The van der Waals surface area contributed by atoms with Crippen molar-refractivity contribution >= 4 is 11.8 Å². The first-order valence-electron chi connectivity index (χ1n) is 14.3. The van der Waals surface area contributed by atoms with Crippen LogP contribution in [0, 0.1) is 6.92 Å². The molecule has 0 aliphatic heterocycles. The number of benzene rings is 2. The molecule has 214 valence electrons. The lowest BCUT2D eigenvalue weighted by molar-refractivity contribution is -0.143. The molecule has 7 nitrogen and oxygen atoms in total. The summed E-state index contributed by atoms with van der Waals surface area (Å²) in [7, 11) is 3.23. The summed E-state index contributed by atoms with van der Waals surface area (Å²) >= 11 is 0. The first kappa shape index (κ1) is 29.2. The van der Waals surface area contributed by atoms with Crippen molar-refractivity contribution in [1.29, 1.82) is 0 Å². The van der Waals surface area contributed by atoms with Gasteiger partial charge in [0, 0.05) is 19.0 Å². The Morgan fingerprint density at radius 3 is 2.27 bits per heavy atom. The van der Waals surface area contributed by atoms with Gasteiger partial charge in [-0.1, -0.05) is 55.7 Å². The van der Waals surface area contributed by atoms with E-state index in [9.17, 15) is 9.59 Å². The molecule has 3 aromatic rings. The lowest BCUT2D eigenvalue weighted by atomic mass is 9.93. The molecule has 0 radical (unpaired) electrons. The second kappa shape index (κ2) is 14.6. The monoisotopic (exact) mass is 546 g/mol. The Morgan fingerprint density at radius 1 is 0.850 bits per heavy atom. The smallest absolute Gasteiger partial charge is 0.242 e. The maximum Gasteiger partial charge on any atom is 0.242 e. The van der Waals surface area contributed by atoms with Gasteiger partial charge in [0.15, 0.2) is 11.5 Å². The Hall–Kier alpha value is -3.74. The predicted octanol–water partition coefficient (Wildman–Crippen LogP) is 5.97. The molecule has 1 aliphatic carbocycles. The normalized spacial score (nSPS) is 13.6. The van der Waals surface area contributed by atoms with Gasteiger partial charge in [0.2, 0.25) is 11.8 Å². The molecular weight excluding hydrogens is 504 g/mol. The van der Waals surface area contributed by atoms with Crippen LogP contribution in [-0.2, 0) is 29.0 Å². The highest BCUT2D eigenvalue weighted by Gasteiger charge is 2.29. The number of methoxy groups -OCH3 is 2. The van der Waals surface area contributed by atoms with Crippen molar-refractivity contribution in [3.63, 3.8) is 0 Å². The molecule has 1 fully saturated rings. The van der Waals surface area contributed by atoms with E-state index in [2.05, 4.69) is 0 Å². The van der Waals surface area contributed by atoms with E-state index in [-0.39, 0.29) is 24.4 Å². The summed E-state index contributed by atoms with van der Waals surface area (Å²) in [6.45, 7) is 2.83. The van der Waals surface area contributed by atoms with E-state index in [4.69, 9.17) is 13.9 Å². The molecule has 1 saturated carbocycles. The third kappa shape index (κ3) is 8.13. The standard InChI is InChI=1S/C33H42N2O5/c1-25-14-17-29(40-25)23-34(21-20-27-15-18-30(38-2)31(22-27)39-3)33(37)24-35(28-12-8-5-9-13-28)32(36)19-16-26-10-6-4-7-11-26/h4,6-7,10-11,14-15,17-18,22,28H,5,8-9,12-13,16,19-21,23-24H2,1-3H3. The minimum Gasteiger partial charge on any atom is -0.493 e. The maximum absolute atomic E-state index is 13.9. The summed E-state index contributed by atoms with van der Waals surface area (Å²) in [6, 6.07) is 19.8. The van der Waals surface area contributed by atoms with Gasteiger partial charge in [-0.3, -0.25) is 9.59 Å². The Labute approximate surface area is 238 Å². The first-order valence-corrected chi connectivity index (χ1v) is 14.3. The second-order valence-electron chi connectivity index (χ2n) is 10.6. The van der Waals surface area contributed by atoms with E-state index in [0.717, 1.165) is 48.3 Å². The van der Waals surface area contributed by atoms with Crippen LogP contribution in [0.1, 0.15) is 61.2 Å². The van der Waals surface area contributed by atoms with Crippen molar-refractivity contribution in [3.8, 4) is 11.5 Å². The highest BCUT2D eigenvalue weighted by Crippen LogP contribution is 2.28. The molecule has 7 heteroatoms. The predicted molar refractivity (Wildman–Crippen MR) is 155 cm³/mol. The van der Waals surface area contributed by atoms with Gasteiger partial charge in [0.1, 0.15) is 18.1 Å². The summed E-state index contributed by atoms with van der Waals surface area (Å²) in [6.07, 6.45) is 6.98. The Kier molecular flexibility index (Phi) is 10.7. The zero-order valence-corrected chi connectivity index (χ0v) is 24.1. The number of nitrogens with zero attached hydrogens (tertiary/aromatic N) is 2. The maximum atomic E-state index is 13.9. The third-order valence-corrected chi connectivity index (χ3v) is 7.73. The number of ether oxygens (including phenoxy) is 2. The quantitative estimate of drug-likeness (QED) is 0.264. The van der Waals surface area contributed by atoms with Crippen LogP contribution in [-0.4, -0.2) is 55.0 Å². The number of hydrogen-bond donors (Lipinski definition) is 0. The van der Waals surface area contributed by atoms with Crippen molar-refractivity contribution in [2.45, 2.75) is 70.9 Å². The van der Waals surface area contributed by atoms with E-state index in [1.807, 2.05) is 77.4 Å². The number of carbonyl (C=O) groups is 2. The summed E-state index contributed by atoms with van der Waals surface area (Å²) < 4.78 is 16.7. The van der Waals surface area contributed by atoms with Gasteiger partial charge >= 0.3 is 0 Å². The third-order valence-electron chi connectivity index (χ3n) is 7.73. The lowest BCUT2D eigenvalue weighted by Gasteiger charge is -2.35. The molecule has 2 aromatic carbocycles. The van der Waals surface area contributed by atoms with Crippen LogP contribution in [0.2, 0.25) is 0 Å². The van der Waals surface area contributed by atoms with Gasteiger partial charge in [0.25, 0.3) is 0 Å². The minimum atomic E-state index is -0.0619. The minimum absolute atomic E-state index is 0.0535. The average Bonchev–Trinajstić information content (AvgIpc) is 3.41. The van der Waals surface area contributed by atoms with E-state index < -0.39 is 0 Å². The molecule has 0 atom stereocenters. The topological polar surface area (TPSA) is 72.2 Å². The lowest BCUT2D eigenvalue weighted by Crippen LogP contribution is -2.48. The zero-order valence-electron chi connectivity index (χ0n) is 24.1. The van der Waals surface area contributed by atoms with E-state index in [0.29, 0.717) is 43.9 Å². The van der Waals surface area contributed by atoms with Gasteiger partial charge in [-0.25, -0.2) is 0 Å². The van der Waals surface area contributed by atoms with Crippen molar-refractivity contribution in [2.24, 2.45) is 0 Å². The molecular formula is C33H42N2O5. The fourth-order valence-corrected chi connectivity index (χ4v) is 5.45. The number of carbonyl (C=O) groups excluding carboxylic acids is 2. The molecule has 1 heterocycles. The first-order chi connectivity index (χ1) is 19.5. The highest BCUT2D eigenvalue weighted by atomic mass is 16.5. The van der Waals surface area contributed by atoms with Gasteiger partial charge in [-0.2, -0.15) is 0 Å². The molecule has 0 unspecified atom stereocenters. The van der Waals surface area contributed by atoms with Crippen molar-refractivity contribution < 1.29 is 23.5 Å². The molecule has 2 amide bonds. The average molecular weight is 547 g/mol. The number of hydrogen-bond acceptors (Lipinski definition) is 5. The molecule has 0 spiro atoms. The highest BCUT2D eigenvalue weighted by molar-refractivity contribution is 5.85. The van der Waals surface area contributed by atoms with Gasteiger partial charge < -0.3 is 23.7 Å². The van der Waals surface area contributed by atoms with E-state index in [1.165, 1.54) is 6.42 Å². The summed E-state index contributed by atoms with van der Waals surface area (Å²) in [4.78, 5) is 31.1. The van der Waals surface area contributed by atoms with Crippen LogP contribution in [0.5, 0.6) is 11.5 Å². The number of amides is 2. The van der Waals surface area contributed by atoms with Crippen LogP contribution in [0.25, 0.3) is 0 Å². The fraction of sp³-hybridized carbons (Fsp3) is 0.455. The molecule has 0 N–H and O–H groups in total. The van der Waals surface area contributed by atoms with Crippen LogP contribution >= 0.6 is 0 Å². The Bertz CT molecular complexity index is 1230. The largest absolute Gasteiger partial charge is 0.493 e. The summed E-state index contributed by atoms with van der Waals surface area (Å²) in [5.74, 6) is 2.86. The van der Waals surface area contributed by atoms with Crippen molar-refractivity contribution in [1.82, 2.24) is 9.80 Å². The fourth-order valence-electron chi connectivity index (χ4n) is 5.45. The molecule has 40 heavy (non-hydrogen) atoms. The van der Waals surface area contributed by atoms with Crippen LogP contribution in [0.4, 0.5) is 0 Å². The van der Waals surface area contributed by atoms with Gasteiger partial charge in [-0.15, -0.1) is 0 Å². The Morgan fingerprint density at radius 2 is 1.60 bits per heavy atom. The van der Waals surface area contributed by atoms with E-state index in [1.54, 1.807) is 14.2 Å². The molecule has 1 aromatic heterocycles. The molecule has 0 saturated heterocycles. The molecule has 4 rings (SSSR count). The van der Waals surface area contributed by atoms with Gasteiger partial charge in [-0.05, 0) is 68.0 Å².